The lowest BCUT2D eigenvalue weighted by molar-refractivity contribution is -0.152. The molecule has 3 aliphatic rings. The van der Waals surface area contributed by atoms with E-state index in [1.807, 2.05) is 29.2 Å². The number of aromatic nitrogens is 4. The summed E-state index contributed by atoms with van der Waals surface area (Å²) in [6.07, 6.45) is 2.05. The summed E-state index contributed by atoms with van der Waals surface area (Å²) in [4.78, 5) is 28.2. The van der Waals surface area contributed by atoms with Gasteiger partial charge in [-0.2, -0.15) is 15.1 Å². The Kier molecular flexibility index (Phi) is 9.22. The quantitative estimate of drug-likeness (QED) is 0.144. The van der Waals surface area contributed by atoms with Crippen molar-refractivity contribution in [1.82, 2.24) is 24.6 Å². The van der Waals surface area contributed by atoms with Gasteiger partial charge in [0.15, 0.2) is 29.4 Å². The van der Waals surface area contributed by atoms with E-state index in [2.05, 4.69) is 20.0 Å². The molecule has 7 rings (SSSR count). The van der Waals surface area contributed by atoms with Gasteiger partial charge in [0.05, 0.1) is 12.9 Å². The van der Waals surface area contributed by atoms with E-state index in [0.29, 0.717) is 16.7 Å². The van der Waals surface area contributed by atoms with Crippen LogP contribution in [0.15, 0.2) is 48.8 Å². The summed E-state index contributed by atoms with van der Waals surface area (Å²) in [6.45, 7) is 3.77. The summed E-state index contributed by atoms with van der Waals surface area (Å²) >= 11 is 0. The summed E-state index contributed by atoms with van der Waals surface area (Å²) in [5.41, 5.74) is 4.65. The summed E-state index contributed by atoms with van der Waals surface area (Å²) in [6, 6.07) is 11.5. The average Bonchev–Trinajstić information content (AvgIpc) is 3.56. The highest BCUT2D eigenvalue weighted by atomic mass is 31.2. The molecule has 4 N–H and O–H groups in total. The van der Waals surface area contributed by atoms with Crippen LogP contribution < -0.4 is 20.2 Å². The first-order valence-electron chi connectivity index (χ1n) is 16.7. The smallest absolute Gasteiger partial charge is 0.459 e. The SMILES string of the molecule is CC(NP(=O)(OCC1OC(n2cnc3c(N4CCC4)nc(N)nc32)C(C)(O)C1F)Oc1cccc2ccccc12)C(=O)OC1CCCCC1. The van der Waals surface area contributed by atoms with Crippen molar-refractivity contribution >= 4 is 47.4 Å². The monoisotopic (exact) mass is 697 g/mol. The zero-order valence-electron chi connectivity index (χ0n) is 27.4. The zero-order chi connectivity index (χ0) is 34.3. The maximum atomic E-state index is 16.0. The fourth-order valence-corrected chi connectivity index (χ4v) is 8.12. The van der Waals surface area contributed by atoms with E-state index in [1.54, 1.807) is 18.2 Å². The first-order chi connectivity index (χ1) is 23.5. The minimum atomic E-state index is -4.41. The summed E-state index contributed by atoms with van der Waals surface area (Å²) in [5.74, 6) is 0.178. The molecule has 16 heteroatoms. The number of esters is 1. The molecule has 2 saturated heterocycles. The molecule has 49 heavy (non-hydrogen) atoms. The Bertz CT molecular complexity index is 1880. The number of aliphatic hydroxyl groups is 1. The second-order valence-electron chi connectivity index (χ2n) is 13.1. The summed E-state index contributed by atoms with van der Waals surface area (Å²) < 4.78 is 55.5. The zero-order valence-corrected chi connectivity index (χ0v) is 28.3. The molecule has 0 bridgehead atoms. The van der Waals surface area contributed by atoms with Crippen molar-refractivity contribution in [2.45, 2.75) is 88.6 Å². The highest BCUT2D eigenvalue weighted by Gasteiger charge is 2.55. The van der Waals surface area contributed by atoms with Crippen molar-refractivity contribution in [3.8, 4) is 5.75 Å². The number of carbonyl (C=O) groups excluding carboxylic acids is 1. The number of nitrogens with zero attached hydrogens (tertiary/aromatic N) is 5. The van der Waals surface area contributed by atoms with Crippen LogP contribution in [0.5, 0.6) is 5.75 Å². The third-order valence-electron chi connectivity index (χ3n) is 9.43. The fraction of sp³-hybridized carbons (Fsp3) is 0.515. The van der Waals surface area contributed by atoms with E-state index in [1.165, 1.54) is 24.7 Å². The van der Waals surface area contributed by atoms with E-state index < -0.39 is 50.5 Å². The minimum absolute atomic E-state index is 0.000738. The number of nitrogens with one attached hydrogen (secondary N) is 1. The van der Waals surface area contributed by atoms with Gasteiger partial charge >= 0.3 is 13.7 Å². The average molecular weight is 698 g/mol. The molecule has 2 aromatic heterocycles. The third-order valence-corrected chi connectivity index (χ3v) is 11.1. The Hall–Kier alpha value is -3.88. The van der Waals surface area contributed by atoms with Gasteiger partial charge in [0.25, 0.3) is 0 Å². The lowest BCUT2D eigenvalue weighted by Gasteiger charge is -2.32. The van der Waals surface area contributed by atoms with Crippen LogP contribution in [0.3, 0.4) is 0 Å². The first-order valence-corrected chi connectivity index (χ1v) is 18.2. The number of hydrogen-bond donors (Lipinski definition) is 3. The second kappa shape index (κ2) is 13.4. The number of nitrogens with two attached hydrogens (primary N) is 1. The first kappa shape index (κ1) is 33.6. The molecule has 1 saturated carbocycles. The molecule has 2 aliphatic heterocycles. The highest BCUT2D eigenvalue weighted by molar-refractivity contribution is 7.52. The standard InChI is InChI=1S/C33H41FN7O7P/c1-20(30(42)46-22-12-4-3-5-13-22)39-49(44,48-24-15-8-11-21-10-6-7-14-23(21)24)45-18-25-27(34)33(2,43)31(47-25)41-19-36-26-28(40-16-9-17-40)37-32(35)38-29(26)41/h6-8,10-11,14-15,19-20,22,25,27,31,43H,3-5,9,12-13,16-18H2,1-2H3,(H,39,44)(H2,35,37,38). The number of anilines is 2. The Labute approximate surface area is 282 Å². The van der Waals surface area contributed by atoms with Gasteiger partial charge in [-0.25, -0.2) is 13.9 Å². The topological polar surface area (TPSA) is 176 Å². The van der Waals surface area contributed by atoms with Crippen LogP contribution in [0.2, 0.25) is 0 Å². The van der Waals surface area contributed by atoms with E-state index >= 15 is 4.39 Å². The van der Waals surface area contributed by atoms with Gasteiger partial charge in [-0.1, -0.05) is 42.8 Å². The maximum absolute atomic E-state index is 16.0. The lowest BCUT2D eigenvalue weighted by Crippen LogP contribution is -2.42. The van der Waals surface area contributed by atoms with Gasteiger partial charge < -0.3 is 29.7 Å². The van der Waals surface area contributed by atoms with Crippen molar-refractivity contribution in [1.29, 1.82) is 0 Å². The maximum Gasteiger partial charge on any atom is 0.459 e. The number of fused-ring (bicyclic) bond motifs is 2. The Morgan fingerprint density at radius 1 is 1.16 bits per heavy atom. The molecule has 3 fully saturated rings. The molecule has 14 nitrogen and oxygen atoms in total. The van der Waals surface area contributed by atoms with Gasteiger partial charge in [-0.3, -0.25) is 13.9 Å². The summed E-state index contributed by atoms with van der Waals surface area (Å²) in [5, 5.41) is 15.6. The van der Waals surface area contributed by atoms with Gasteiger partial charge in [-0.05, 0) is 57.4 Å². The fourth-order valence-electron chi connectivity index (χ4n) is 6.60. The number of rotatable bonds is 11. The number of ether oxygens (including phenoxy) is 2. The Balaban J connectivity index is 1.13. The van der Waals surface area contributed by atoms with Crippen molar-refractivity contribution in [3.63, 3.8) is 0 Å². The molecule has 4 heterocycles. The molecule has 0 radical (unpaired) electrons. The molecule has 6 unspecified atom stereocenters. The van der Waals surface area contributed by atoms with Crippen molar-refractivity contribution < 1.29 is 37.4 Å². The number of alkyl halides is 1. The number of halogens is 1. The molecule has 1 aliphatic carbocycles. The molecular weight excluding hydrogens is 656 g/mol. The van der Waals surface area contributed by atoms with Gasteiger partial charge in [0.1, 0.15) is 29.6 Å². The van der Waals surface area contributed by atoms with E-state index in [4.69, 9.17) is 24.3 Å². The van der Waals surface area contributed by atoms with Crippen LogP contribution in [0, 0.1) is 0 Å². The highest BCUT2D eigenvalue weighted by Crippen LogP contribution is 2.49. The van der Waals surface area contributed by atoms with Crippen LogP contribution in [-0.2, 0) is 23.4 Å². The predicted molar refractivity (Wildman–Crippen MR) is 180 cm³/mol. The van der Waals surface area contributed by atoms with Crippen molar-refractivity contribution in [2.75, 3.05) is 30.3 Å². The molecule has 0 spiro atoms. The molecular formula is C33H41FN7O7P. The van der Waals surface area contributed by atoms with Crippen LogP contribution in [0.4, 0.5) is 16.2 Å². The third kappa shape index (κ3) is 6.70. The number of hydrogen-bond acceptors (Lipinski definition) is 12. The minimum Gasteiger partial charge on any atom is -0.461 e. The summed E-state index contributed by atoms with van der Waals surface area (Å²) in [7, 11) is -4.41. The molecule has 262 valence electrons. The molecule has 4 aromatic rings. The largest absolute Gasteiger partial charge is 0.461 e. The van der Waals surface area contributed by atoms with Crippen LogP contribution >= 0.6 is 7.75 Å². The predicted octanol–water partition coefficient (Wildman–Crippen LogP) is 4.82. The normalized spacial score (nSPS) is 26.4. The van der Waals surface area contributed by atoms with E-state index in [0.717, 1.165) is 57.0 Å². The number of nitrogen functional groups attached to an aromatic ring is 1. The Morgan fingerprint density at radius 2 is 1.92 bits per heavy atom. The van der Waals surface area contributed by atoms with E-state index in [9.17, 15) is 14.5 Å². The van der Waals surface area contributed by atoms with Gasteiger partial charge in [0, 0.05) is 18.5 Å². The van der Waals surface area contributed by atoms with Crippen LogP contribution in [-0.4, -0.2) is 80.3 Å². The Morgan fingerprint density at radius 3 is 2.67 bits per heavy atom. The van der Waals surface area contributed by atoms with Crippen molar-refractivity contribution in [2.24, 2.45) is 0 Å². The lowest BCUT2D eigenvalue weighted by atomic mass is 9.98. The van der Waals surface area contributed by atoms with Crippen LogP contribution in [0.1, 0.15) is 58.6 Å². The van der Waals surface area contributed by atoms with Crippen molar-refractivity contribution in [3.05, 3.63) is 48.8 Å². The second-order valence-corrected chi connectivity index (χ2v) is 14.8. The van der Waals surface area contributed by atoms with Gasteiger partial charge in [0.2, 0.25) is 5.95 Å². The van der Waals surface area contributed by atoms with Gasteiger partial charge in [-0.15, -0.1) is 0 Å². The number of benzene rings is 2. The van der Waals surface area contributed by atoms with Crippen LogP contribution in [0.25, 0.3) is 21.9 Å². The molecule has 0 amide bonds. The molecule has 2 aromatic carbocycles. The van der Waals surface area contributed by atoms with E-state index in [-0.39, 0.29) is 23.4 Å². The number of imidazole rings is 1. The molecule has 6 atom stereocenters. The number of carbonyl (C=O) groups is 1.